The molecule has 1 aliphatic carbocycles. The highest BCUT2D eigenvalue weighted by Crippen LogP contribution is 2.24. The van der Waals surface area contributed by atoms with Crippen molar-refractivity contribution in [1.82, 2.24) is 14.9 Å². The first kappa shape index (κ1) is 16.0. The lowest BCUT2D eigenvalue weighted by Crippen LogP contribution is -2.35. The second-order valence-corrected chi connectivity index (χ2v) is 4.21. The van der Waals surface area contributed by atoms with E-state index in [1.807, 2.05) is 11.9 Å². The molecular weight excluding hydrogens is 367 g/mol. The van der Waals surface area contributed by atoms with Crippen molar-refractivity contribution in [3.8, 4) is 0 Å². The van der Waals surface area contributed by atoms with Gasteiger partial charge >= 0.3 is 0 Å². The van der Waals surface area contributed by atoms with E-state index in [0.717, 1.165) is 12.8 Å². The minimum atomic E-state index is -2.60. The van der Waals surface area contributed by atoms with Gasteiger partial charge in [0, 0.05) is 19.3 Å². The highest BCUT2D eigenvalue weighted by molar-refractivity contribution is 14.0. The molecule has 0 radical (unpaired) electrons. The van der Waals surface area contributed by atoms with Crippen molar-refractivity contribution in [3.63, 3.8) is 0 Å². The predicted molar refractivity (Wildman–Crippen MR) is 78.5 cm³/mol. The molecule has 0 saturated heterocycles. The normalized spacial score (nSPS) is 15.3. The van der Waals surface area contributed by atoms with E-state index in [4.69, 9.17) is 5.73 Å². The number of nitrogens with zero attached hydrogens (tertiary/aromatic N) is 4. The molecule has 0 amide bonds. The fraction of sp³-hybridized carbons (Fsp3) is 0.545. The van der Waals surface area contributed by atoms with Gasteiger partial charge in [-0.15, -0.1) is 24.0 Å². The van der Waals surface area contributed by atoms with Gasteiger partial charge < -0.3 is 10.6 Å². The average molecular weight is 383 g/mol. The first-order chi connectivity index (χ1) is 8.58. The molecule has 1 heterocycles. The maximum Gasteiger partial charge on any atom is 0.280 e. The lowest BCUT2D eigenvalue weighted by atomic mass is 10.4. The van der Waals surface area contributed by atoms with Gasteiger partial charge in [0.05, 0.1) is 0 Å². The summed E-state index contributed by atoms with van der Waals surface area (Å²) < 4.78 is 24.9. The SMILES string of the molecule is CN(C(N)=NCc1nccc(C(F)F)n1)C1CC1.I. The Morgan fingerprint density at radius 2 is 2.26 bits per heavy atom. The van der Waals surface area contributed by atoms with Gasteiger partial charge in [-0.3, -0.25) is 0 Å². The minimum Gasteiger partial charge on any atom is -0.370 e. The van der Waals surface area contributed by atoms with Crippen molar-refractivity contribution in [2.75, 3.05) is 7.05 Å². The second kappa shape index (κ2) is 6.92. The molecule has 0 aliphatic heterocycles. The number of halogens is 3. The highest BCUT2D eigenvalue weighted by Gasteiger charge is 2.27. The summed E-state index contributed by atoms with van der Waals surface area (Å²) in [5.41, 5.74) is 5.49. The summed E-state index contributed by atoms with van der Waals surface area (Å²) in [6.45, 7) is 0.115. The molecule has 2 rings (SSSR count). The summed E-state index contributed by atoms with van der Waals surface area (Å²) in [6, 6.07) is 1.65. The molecule has 1 fully saturated rings. The maximum atomic E-state index is 12.4. The molecule has 1 aromatic heterocycles. The Kier molecular flexibility index (Phi) is 5.83. The van der Waals surface area contributed by atoms with Crippen LogP contribution in [0.5, 0.6) is 0 Å². The number of rotatable bonds is 4. The van der Waals surface area contributed by atoms with Crippen molar-refractivity contribution < 1.29 is 8.78 Å². The van der Waals surface area contributed by atoms with Gasteiger partial charge in [0.2, 0.25) is 0 Å². The van der Waals surface area contributed by atoms with Gasteiger partial charge in [-0.25, -0.2) is 23.7 Å². The van der Waals surface area contributed by atoms with E-state index in [0.29, 0.717) is 12.0 Å². The monoisotopic (exact) mass is 383 g/mol. The second-order valence-electron chi connectivity index (χ2n) is 4.21. The van der Waals surface area contributed by atoms with E-state index in [-0.39, 0.29) is 42.0 Å². The lowest BCUT2D eigenvalue weighted by molar-refractivity contribution is 0.145. The molecule has 0 unspecified atom stereocenters. The summed E-state index contributed by atoms with van der Waals surface area (Å²) >= 11 is 0. The first-order valence-corrected chi connectivity index (χ1v) is 5.70. The summed E-state index contributed by atoms with van der Waals surface area (Å²) in [4.78, 5) is 13.6. The van der Waals surface area contributed by atoms with Crippen LogP contribution in [-0.2, 0) is 6.54 Å². The average Bonchev–Trinajstić information content (AvgIpc) is 3.19. The molecule has 2 N–H and O–H groups in total. The first-order valence-electron chi connectivity index (χ1n) is 5.70. The number of guanidine groups is 1. The third-order valence-electron chi connectivity index (χ3n) is 2.79. The fourth-order valence-corrected chi connectivity index (χ4v) is 1.52. The molecule has 19 heavy (non-hydrogen) atoms. The van der Waals surface area contributed by atoms with Crippen LogP contribution >= 0.6 is 24.0 Å². The smallest absolute Gasteiger partial charge is 0.280 e. The molecule has 8 heteroatoms. The standard InChI is InChI=1S/C11H15F2N5.HI/c1-18(7-2-3-7)11(14)16-6-9-15-5-4-8(17-9)10(12)13;/h4-5,7,10H,2-3,6H2,1H3,(H2,14,16);1H. The van der Waals surface area contributed by atoms with Crippen LogP contribution in [0.4, 0.5) is 8.78 Å². The fourth-order valence-electron chi connectivity index (χ4n) is 1.52. The van der Waals surface area contributed by atoms with E-state index < -0.39 is 6.43 Å². The number of nitrogens with two attached hydrogens (primary N) is 1. The Morgan fingerprint density at radius 1 is 1.58 bits per heavy atom. The van der Waals surface area contributed by atoms with Crippen LogP contribution in [0.15, 0.2) is 17.3 Å². The third kappa shape index (κ3) is 4.51. The van der Waals surface area contributed by atoms with Crippen LogP contribution in [0.3, 0.4) is 0 Å². The molecule has 0 spiro atoms. The van der Waals surface area contributed by atoms with E-state index in [1.54, 1.807) is 0 Å². The Morgan fingerprint density at radius 3 is 2.84 bits per heavy atom. The molecule has 1 saturated carbocycles. The summed E-state index contributed by atoms with van der Waals surface area (Å²) in [5, 5.41) is 0. The Hall–Kier alpha value is -1.06. The molecule has 1 aliphatic rings. The van der Waals surface area contributed by atoms with Crippen molar-refractivity contribution in [1.29, 1.82) is 0 Å². The molecule has 1 aromatic rings. The number of hydrogen-bond acceptors (Lipinski definition) is 3. The zero-order valence-electron chi connectivity index (χ0n) is 10.5. The number of aliphatic imine (C=N–C) groups is 1. The topological polar surface area (TPSA) is 67.4 Å². The largest absolute Gasteiger partial charge is 0.370 e. The van der Waals surface area contributed by atoms with Crippen LogP contribution in [-0.4, -0.2) is 33.9 Å². The summed E-state index contributed by atoms with van der Waals surface area (Å²) in [6.07, 6.45) is 0.941. The van der Waals surface area contributed by atoms with Gasteiger partial charge in [0.15, 0.2) is 5.96 Å². The number of alkyl halides is 2. The van der Waals surface area contributed by atoms with Crippen molar-refractivity contribution in [2.24, 2.45) is 10.7 Å². The van der Waals surface area contributed by atoms with E-state index in [2.05, 4.69) is 15.0 Å². The Bertz CT molecular complexity index is 450. The Labute approximate surface area is 127 Å². The van der Waals surface area contributed by atoms with Gasteiger partial charge in [-0.2, -0.15) is 0 Å². The molecule has 0 aromatic carbocycles. The Balaban J connectivity index is 0.00000180. The van der Waals surface area contributed by atoms with Gasteiger partial charge in [0.1, 0.15) is 18.1 Å². The molecule has 0 atom stereocenters. The summed E-state index contributed by atoms with van der Waals surface area (Å²) in [5.74, 6) is 0.642. The lowest BCUT2D eigenvalue weighted by Gasteiger charge is -2.16. The van der Waals surface area contributed by atoms with Crippen LogP contribution in [0.1, 0.15) is 30.8 Å². The van der Waals surface area contributed by atoms with Crippen LogP contribution < -0.4 is 5.73 Å². The molecule has 106 valence electrons. The highest BCUT2D eigenvalue weighted by atomic mass is 127. The van der Waals surface area contributed by atoms with Crippen LogP contribution in [0.2, 0.25) is 0 Å². The third-order valence-corrected chi connectivity index (χ3v) is 2.79. The van der Waals surface area contributed by atoms with Gasteiger partial charge in [-0.1, -0.05) is 0 Å². The zero-order valence-corrected chi connectivity index (χ0v) is 12.8. The van der Waals surface area contributed by atoms with Crippen molar-refractivity contribution in [2.45, 2.75) is 31.9 Å². The van der Waals surface area contributed by atoms with E-state index in [9.17, 15) is 8.78 Å². The van der Waals surface area contributed by atoms with E-state index in [1.165, 1.54) is 12.3 Å². The summed E-state index contributed by atoms with van der Waals surface area (Å²) in [7, 11) is 1.87. The molecule has 5 nitrogen and oxygen atoms in total. The predicted octanol–water partition coefficient (Wildman–Crippen LogP) is 1.94. The van der Waals surface area contributed by atoms with Crippen molar-refractivity contribution in [3.05, 3.63) is 23.8 Å². The van der Waals surface area contributed by atoms with Crippen LogP contribution in [0, 0.1) is 0 Å². The molecule has 0 bridgehead atoms. The quantitative estimate of drug-likeness (QED) is 0.490. The molecular formula is C11H16F2IN5. The van der Waals surface area contributed by atoms with Gasteiger partial charge in [0.25, 0.3) is 6.43 Å². The number of aromatic nitrogens is 2. The van der Waals surface area contributed by atoms with E-state index >= 15 is 0 Å². The zero-order chi connectivity index (χ0) is 13.1. The van der Waals surface area contributed by atoms with Gasteiger partial charge in [-0.05, 0) is 18.9 Å². The van der Waals surface area contributed by atoms with Crippen molar-refractivity contribution >= 4 is 29.9 Å². The van der Waals surface area contributed by atoms with Crippen LogP contribution in [0.25, 0.3) is 0 Å². The number of hydrogen-bond donors (Lipinski definition) is 1. The minimum absolute atomic E-state index is 0. The maximum absolute atomic E-state index is 12.4.